The maximum atomic E-state index is 14.4. The molecule has 0 aliphatic carbocycles. The molecule has 0 saturated carbocycles. The summed E-state index contributed by atoms with van der Waals surface area (Å²) in [6.07, 6.45) is -5.39. The fourth-order valence-electron chi connectivity index (χ4n) is 2.60. The number of alkyl halides is 15. The first-order chi connectivity index (χ1) is 15.4. The second-order valence-corrected chi connectivity index (χ2v) is 7.71. The van der Waals surface area contributed by atoms with Gasteiger partial charge in [0.05, 0.1) is 6.61 Å². The second-order valence-electron chi connectivity index (χ2n) is 7.04. The number of benzene rings is 1. The molecule has 1 atom stereocenters. The van der Waals surface area contributed by atoms with Crippen molar-refractivity contribution < 1.29 is 74.8 Å². The summed E-state index contributed by atoms with van der Waals surface area (Å²) < 4.78 is 218. The normalized spacial score (nSPS) is 15.9. The van der Waals surface area contributed by atoms with Gasteiger partial charge in [0.15, 0.2) is 6.17 Å². The lowest BCUT2D eigenvalue weighted by molar-refractivity contribution is -0.351. The minimum Gasteiger partial charge on any atom is -0.392 e. The van der Waals surface area contributed by atoms with E-state index in [9.17, 15) is 69.7 Å². The van der Waals surface area contributed by atoms with E-state index in [-0.39, 0.29) is 0 Å². The summed E-state index contributed by atoms with van der Waals surface area (Å²) in [6.45, 7) is -1.21. The van der Waals surface area contributed by atoms with Crippen LogP contribution in [0.4, 0.5) is 69.7 Å². The van der Waals surface area contributed by atoms with E-state index in [1.807, 2.05) is 0 Å². The molecule has 18 heteroatoms. The highest BCUT2D eigenvalue weighted by molar-refractivity contribution is 7.95. The fraction of sp³-hybridized carbons (Fsp3) is 0.647. The zero-order valence-electron chi connectivity index (χ0n) is 16.6. The minimum atomic E-state index is -7.30. The molecule has 1 aromatic carbocycles. The van der Waals surface area contributed by atoms with Crippen LogP contribution in [0.5, 0.6) is 0 Å². The molecule has 0 saturated heterocycles. The topological polar surface area (TPSA) is 20.2 Å². The molecule has 0 spiro atoms. The van der Waals surface area contributed by atoms with Crippen LogP contribution in [0.25, 0.3) is 0 Å². The van der Waals surface area contributed by atoms with E-state index in [1.54, 1.807) is 0 Å². The smallest absolute Gasteiger partial charge is 0.391 e. The average Bonchev–Trinajstić information content (AvgIpc) is 2.76. The summed E-state index contributed by atoms with van der Waals surface area (Å²) >= 11 is -2.78. The summed E-state index contributed by atoms with van der Waals surface area (Å²) in [7, 11) is 0. The van der Waals surface area contributed by atoms with Gasteiger partial charge in [-0.05, 0) is 30.2 Å². The third-order valence-electron chi connectivity index (χ3n) is 4.72. The average molecular weight is 568 g/mol. The highest BCUT2D eigenvalue weighted by atomic mass is 32.2. The molecule has 0 amide bonds. The molecule has 0 fully saturated rings. The molecule has 0 aliphatic heterocycles. The molecular formula is C17H12F16OS. The quantitative estimate of drug-likeness (QED) is 0.275. The van der Waals surface area contributed by atoms with Gasteiger partial charge in [-0.15, -0.1) is 0 Å². The van der Waals surface area contributed by atoms with Crippen molar-refractivity contribution in [3.05, 3.63) is 34.9 Å². The molecule has 1 nitrogen and oxygen atoms in total. The molecule has 35 heavy (non-hydrogen) atoms. The largest absolute Gasteiger partial charge is 0.392 e. The Labute approximate surface area is 189 Å². The Kier molecular flexibility index (Phi) is 8.42. The molecule has 1 unspecified atom stereocenters. The first kappa shape index (κ1) is 31.4. The number of aliphatic hydroxyl groups is 1. The predicted octanol–water partition coefficient (Wildman–Crippen LogP) is 7.86. The summed E-state index contributed by atoms with van der Waals surface area (Å²) in [5, 5.41) is 2.42. The van der Waals surface area contributed by atoms with Crippen LogP contribution < -0.4 is 0 Å². The first-order valence-corrected chi connectivity index (χ1v) is 9.50. The lowest BCUT2D eigenvalue weighted by Gasteiger charge is -2.36. The van der Waals surface area contributed by atoms with Gasteiger partial charge in [0.25, 0.3) is 0 Å². The Hall–Kier alpha value is -1.59. The van der Waals surface area contributed by atoms with Crippen LogP contribution in [-0.4, -0.2) is 40.2 Å². The van der Waals surface area contributed by atoms with Gasteiger partial charge in [-0.25, -0.2) is 4.39 Å². The van der Waals surface area contributed by atoms with Gasteiger partial charge in [-0.2, -0.15) is 65.4 Å². The van der Waals surface area contributed by atoms with Crippen LogP contribution in [-0.2, 0) is 18.5 Å². The van der Waals surface area contributed by atoms with Crippen molar-refractivity contribution in [3.63, 3.8) is 0 Å². The Morgan fingerprint density at radius 3 is 1.46 bits per heavy atom. The van der Waals surface area contributed by atoms with Crippen molar-refractivity contribution in [2.24, 2.45) is 0 Å². The van der Waals surface area contributed by atoms with Gasteiger partial charge in [0, 0.05) is 11.1 Å². The van der Waals surface area contributed by atoms with Crippen molar-refractivity contribution >= 4 is 12.1 Å². The summed E-state index contributed by atoms with van der Waals surface area (Å²) in [6, 6.07) is -2.00. The second kappa shape index (κ2) is 9.37. The van der Waals surface area contributed by atoms with Gasteiger partial charge < -0.3 is 5.11 Å². The van der Waals surface area contributed by atoms with Gasteiger partial charge in [-0.3, -0.25) is 0 Å². The number of aliphatic hydroxyl groups excluding tert-OH is 1. The maximum absolute atomic E-state index is 14.4. The van der Waals surface area contributed by atoms with E-state index in [1.165, 1.54) is 0 Å². The zero-order valence-corrected chi connectivity index (χ0v) is 17.4. The summed E-state index contributed by atoms with van der Waals surface area (Å²) in [5.41, 5.74) is -7.00. The number of rotatable bonds is 11. The molecule has 0 aromatic heterocycles. The third-order valence-corrected chi connectivity index (χ3v) is 5.17. The van der Waals surface area contributed by atoms with Crippen molar-refractivity contribution in [3.8, 4) is 0 Å². The van der Waals surface area contributed by atoms with E-state index < -0.39 is 107 Å². The van der Waals surface area contributed by atoms with Crippen LogP contribution in [0, 0.1) is 0 Å². The number of hydrogen-bond acceptors (Lipinski definition) is 2. The van der Waals surface area contributed by atoms with Crippen molar-refractivity contribution in [1.29, 1.82) is 0 Å². The Morgan fingerprint density at radius 2 is 1.11 bits per heavy atom. The van der Waals surface area contributed by atoms with E-state index >= 15 is 0 Å². The Morgan fingerprint density at radius 1 is 0.714 bits per heavy atom. The molecule has 0 heterocycles. The monoisotopic (exact) mass is 568 g/mol. The molecule has 1 N–H and O–H groups in total. The number of hydrogen-bond donors (Lipinski definition) is 1. The van der Waals surface area contributed by atoms with Crippen molar-refractivity contribution in [2.45, 2.75) is 66.9 Å². The van der Waals surface area contributed by atoms with E-state index in [2.05, 4.69) is 0 Å². The Balaban J connectivity index is 3.85. The molecular weight excluding hydrogens is 556 g/mol. The van der Waals surface area contributed by atoms with Gasteiger partial charge in [-0.1, -0.05) is 6.92 Å². The summed E-state index contributed by atoms with van der Waals surface area (Å²) in [4.78, 5) is 0. The molecule has 1 rings (SSSR count). The first-order valence-electron chi connectivity index (χ1n) is 8.78. The fourth-order valence-corrected chi connectivity index (χ4v) is 2.82. The highest BCUT2D eigenvalue weighted by Crippen LogP contribution is 2.60. The van der Waals surface area contributed by atoms with Gasteiger partial charge in [0.2, 0.25) is 0 Å². The van der Waals surface area contributed by atoms with Crippen LogP contribution in [0.15, 0.2) is 18.2 Å². The van der Waals surface area contributed by atoms with E-state index in [0.717, 1.165) is 0 Å². The molecule has 0 radical (unpaired) electrons. The lowest BCUT2D eigenvalue weighted by atomic mass is 9.89. The predicted molar refractivity (Wildman–Crippen MR) is 88.8 cm³/mol. The lowest BCUT2D eigenvalue weighted by Crippen LogP contribution is -2.60. The van der Waals surface area contributed by atoms with Crippen LogP contribution in [0.3, 0.4) is 0 Å². The van der Waals surface area contributed by atoms with Crippen LogP contribution in [0.2, 0.25) is 0 Å². The van der Waals surface area contributed by atoms with E-state index in [0.29, 0.717) is 6.92 Å². The van der Waals surface area contributed by atoms with Crippen LogP contribution >= 0.6 is 12.1 Å². The minimum absolute atomic E-state index is 0.398. The van der Waals surface area contributed by atoms with Crippen molar-refractivity contribution in [1.82, 2.24) is 0 Å². The third kappa shape index (κ3) is 4.64. The molecule has 0 bridgehead atoms. The number of halogens is 16. The van der Waals surface area contributed by atoms with Crippen LogP contribution in [0.1, 0.15) is 30.0 Å². The standard InChI is InChI=1S/C17H12F16OS/c1-2-10(18)13(23,24)14(25,26)11(19,20)8-3-7(6-34)4-9(5-8)12(21,22)15(27,28)16(29,30)17(31,32)35-33/h3-5,10,34H,2,6H2,1H3. The Bertz CT molecular complexity index is 900. The SMILES string of the molecule is CCC(F)C(F)(F)C(F)(F)C(F)(F)c1cc(CO)cc(C(F)(F)C(F)(F)C(F)(F)C(F)(F)SF)c1. The molecule has 1 aromatic rings. The summed E-state index contributed by atoms with van der Waals surface area (Å²) in [5.74, 6) is -40.5. The molecule has 204 valence electrons. The zero-order chi connectivity index (χ0) is 28.1. The maximum Gasteiger partial charge on any atom is 0.391 e. The highest BCUT2D eigenvalue weighted by Gasteiger charge is 2.82. The molecule has 0 aliphatic rings. The van der Waals surface area contributed by atoms with E-state index in [4.69, 9.17) is 5.11 Å². The van der Waals surface area contributed by atoms with Crippen molar-refractivity contribution in [2.75, 3.05) is 0 Å². The van der Waals surface area contributed by atoms with Gasteiger partial charge in [0.1, 0.15) is 12.1 Å². The van der Waals surface area contributed by atoms with Gasteiger partial charge >= 0.3 is 40.8 Å².